The van der Waals surface area contributed by atoms with Gasteiger partial charge in [0.2, 0.25) is 5.91 Å². The van der Waals surface area contributed by atoms with Crippen LogP contribution in [-0.2, 0) is 9.59 Å². The second kappa shape index (κ2) is 5.26. The fourth-order valence-electron chi connectivity index (χ4n) is 3.32. The monoisotopic (exact) mass is 353 g/mol. The van der Waals surface area contributed by atoms with E-state index in [1.165, 1.54) is 12.1 Å². The van der Waals surface area contributed by atoms with Crippen molar-refractivity contribution in [3.05, 3.63) is 40.6 Å². The third kappa shape index (κ3) is 2.48. The number of fused-ring (bicyclic) bond motifs is 2. The lowest BCUT2D eigenvalue weighted by Gasteiger charge is -2.23. The van der Waals surface area contributed by atoms with Crippen LogP contribution in [0, 0.1) is 29.5 Å². The van der Waals surface area contributed by atoms with Gasteiger partial charge in [0.25, 0.3) is 0 Å². The standard InChI is InChI=1S/C15H13BrFNO3/c16-10-4-3-9(6-11(10)17)18-14(19)12-7-1-2-8(5-7)13(12)15(20)21/h1-4,6-8,12-13H,5H2,(H,18,19)(H,20,21). The van der Waals surface area contributed by atoms with Crippen molar-refractivity contribution in [3.8, 4) is 0 Å². The molecule has 1 saturated carbocycles. The molecule has 0 radical (unpaired) electrons. The fraction of sp³-hybridized carbons (Fsp3) is 0.333. The van der Waals surface area contributed by atoms with Gasteiger partial charge in [-0.05, 0) is 52.4 Å². The number of carboxylic acid groups (broad SMARTS) is 1. The molecule has 0 aliphatic heterocycles. The maximum absolute atomic E-state index is 13.5. The number of halogens is 2. The van der Waals surface area contributed by atoms with Crippen LogP contribution in [0.4, 0.5) is 10.1 Å². The molecule has 1 aromatic rings. The van der Waals surface area contributed by atoms with Gasteiger partial charge in [-0.3, -0.25) is 9.59 Å². The van der Waals surface area contributed by atoms with E-state index in [0.717, 1.165) is 0 Å². The summed E-state index contributed by atoms with van der Waals surface area (Å²) in [7, 11) is 0. The molecule has 4 atom stereocenters. The first-order chi connectivity index (χ1) is 9.97. The van der Waals surface area contributed by atoms with Gasteiger partial charge in [0.1, 0.15) is 5.82 Å². The molecule has 110 valence electrons. The molecule has 0 saturated heterocycles. The molecule has 0 spiro atoms. The molecule has 2 aliphatic rings. The smallest absolute Gasteiger partial charge is 0.307 e. The van der Waals surface area contributed by atoms with Crippen LogP contribution in [-0.4, -0.2) is 17.0 Å². The van der Waals surface area contributed by atoms with Gasteiger partial charge in [-0.1, -0.05) is 12.2 Å². The van der Waals surface area contributed by atoms with Crippen molar-refractivity contribution >= 4 is 33.5 Å². The quantitative estimate of drug-likeness (QED) is 0.820. The Morgan fingerprint density at radius 1 is 1.24 bits per heavy atom. The number of hydrogen-bond donors (Lipinski definition) is 2. The Hall–Kier alpha value is -1.69. The molecular formula is C15H13BrFNO3. The van der Waals surface area contributed by atoms with Crippen LogP contribution in [0.2, 0.25) is 0 Å². The third-order valence-electron chi connectivity index (χ3n) is 4.23. The molecule has 2 bridgehead atoms. The highest BCUT2D eigenvalue weighted by molar-refractivity contribution is 9.10. The lowest BCUT2D eigenvalue weighted by Crippen LogP contribution is -2.36. The first kappa shape index (κ1) is 14.3. The van der Waals surface area contributed by atoms with E-state index >= 15 is 0 Å². The summed E-state index contributed by atoms with van der Waals surface area (Å²) in [5.74, 6) is -3.20. The fourth-order valence-corrected chi connectivity index (χ4v) is 3.56. The molecule has 2 N–H and O–H groups in total. The van der Waals surface area contributed by atoms with E-state index in [0.29, 0.717) is 16.6 Å². The number of amides is 1. The second-order valence-electron chi connectivity index (χ2n) is 5.46. The zero-order valence-corrected chi connectivity index (χ0v) is 12.5. The molecular weight excluding hydrogens is 341 g/mol. The van der Waals surface area contributed by atoms with E-state index in [9.17, 15) is 19.1 Å². The molecule has 1 fully saturated rings. The Labute approximate surface area is 129 Å². The molecule has 4 unspecified atom stereocenters. The Kier molecular flexibility index (Phi) is 3.57. The van der Waals surface area contributed by atoms with Crippen LogP contribution in [0.3, 0.4) is 0 Å². The summed E-state index contributed by atoms with van der Waals surface area (Å²) in [6, 6.07) is 4.28. The summed E-state index contributed by atoms with van der Waals surface area (Å²) < 4.78 is 13.8. The number of benzene rings is 1. The molecule has 2 aliphatic carbocycles. The minimum Gasteiger partial charge on any atom is -0.481 e. The highest BCUT2D eigenvalue weighted by atomic mass is 79.9. The topological polar surface area (TPSA) is 66.4 Å². The molecule has 6 heteroatoms. The van der Waals surface area contributed by atoms with Crippen molar-refractivity contribution in [2.75, 3.05) is 5.32 Å². The minimum absolute atomic E-state index is 0.0450. The number of allylic oxidation sites excluding steroid dienone is 2. The molecule has 21 heavy (non-hydrogen) atoms. The van der Waals surface area contributed by atoms with Gasteiger partial charge in [0.15, 0.2) is 0 Å². The summed E-state index contributed by atoms with van der Waals surface area (Å²) in [4.78, 5) is 23.8. The number of rotatable bonds is 3. The number of aliphatic carboxylic acids is 1. The van der Waals surface area contributed by atoms with Crippen molar-refractivity contribution in [2.24, 2.45) is 23.7 Å². The largest absolute Gasteiger partial charge is 0.481 e. The lowest BCUT2D eigenvalue weighted by molar-refractivity contribution is -0.146. The highest BCUT2D eigenvalue weighted by Crippen LogP contribution is 2.48. The number of carbonyl (C=O) groups is 2. The lowest BCUT2D eigenvalue weighted by atomic mass is 9.82. The molecule has 3 rings (SSSR count). The maximum Gasteiger partial charge on any atom is 0.307 e. The van der Waals surface area contributed by atoms with Crippen LogP contribution in [0.1, 0.15) is 6.42 Å². The van der Waals surface area contributed by atoms with Gasteiger partial charge in [-0.15, -0.1) is 0 Å². The summed E-state index contributed by atoms with van der Waals surface area (Å²) in [5.41, 5.74) is 0.330. The van der Waals surface area contributed by atoms with E-state index in [4.69, 9.17) is 0 Å². The molecule has 4 nitrogen and oxygen atoms in total. The molecule has 0 aromatic heterocycles. The predicted molar refractivity (Wildman–Crippen MR) is 78.1 cm³/mol. The maximum atomic E-state index is 13.5. The first-order valence-corrected chi connectivity index (χ1v) is 7.43. The van der Waals surface area contributed by atoms with Gasteiger partial charge in [0, 0.05) is 5.69 Å². The van der Waals surface area contributed by atoms with E-state index in [-0.39, 0.29) is 17.7 Å². The van der Waals surface area contributed by atoms with E-state index in [2.05, 4.69) is 21.2 Å². The highest BCUT2D eigenvalue weighted by Gasteiger charge is 2.51. The summed E-state index contributed by atoms with van der Waals surface area (Å²) in [6.07, 6.45) is 4.49. The molecule has 0 heterocycles. The Bertz CT molecular complexity index is 646. The normalized spacial score (nSPS) is 29.6. The van der Waals surface area contributed by atoms with Crippen LogP contribution < -0.4 is 5.32 Å². The number of carboxylic acids is 1. The van der Waals surface area contributed by atoms with Crippen molar-refractivity contribution in [1.29, 1.82) is 0 Å². The van der Waals surface area contributed by atoms with Crippen molar-refractivity contribution in [1.82, 2.24) is 0 Å². The van der Waals surface area contributed by atoms with Gasteiger partial charge >= 0.3 is 5.97 Å². The zero-order chi connectivity index (χ0) is 15.1. The van der Waals surface area contributed by atoms with Crippen LogP contribution in [0.5, 0.6) is 0 Å². The van der Waals surface area contributed by atoms with Crippen molar-refractivity contribution in [3.63, 3.8) is 0 Å². The molecule has 1 aromatic carbocycles. The van der Waals surface area contributed by atoms with Gasteiger partial charge in [-0.2, -0.15) is 0 Å². The minimum atomic E-state index is -0.950. The van der Waals surface area contributed by atoms with Gasteiger partial charge < -0.3 is 10.4 Å². The van der Waals surface area contributed by atoms with Gasteiger partial charge in [0.05, 0.1) is 16.3 Å². The number of hydrogen-bond acceptors (Lipinski definition) is 2. The summed E-state index contributed by atoms with van der Waals surface area (Å²) >= 11 is 3.04. The van der Waals surface area contributed by atoms with E-state index in [1.807, 2.05) is 12.2 Å². The van der Waals surface area contributed by atoms with E-state index in [1.54, 1.807) is 6.07 Å². The predicted octanol–water partition coefficient (Wildman–Crippen LogP) is 3.05. The Morgan fingerprint density at radius 3 is 2.52 bits per heavy atom. The number of anilines is 1. The Morgan fingerprint density at radius 2 is 1.90 bits per heavy atom. The van der Waals surface area contributed by atoms with Crippen molar-refractivity contribution < 1.29 is 19.1 Å². The number of nitrogens with one attached hydrogen (secondary N) is 1. The zero-order valence-electron chi connectivity index (χ0n) is 10.9. The van der Waals surface area contributed by atoms with Crippen LogP contribution in [0.15, 0.2) is 34.8 Å². The van der Waals surface area contributed by atoms with Crippen LogP contribution >= 0.6 is 15.9 Å². The third-order valence-corrected chi connectivity index (χ3v) is 4.88. The number of carbonyl (C=O) groups excluding carboxylic acids is 1. The SMILES string of the molecule is O=C(O)C1C2C=CC(C2)C1C(=O)Nc1ccc(Br)c(F)c1. The van der Waals surface area contributed by atoms with Gasteiger partial charge in [-0.25, -0.2) is 4.39 Å². The average molecular weight is 354 g/mol. The van der Waals surface area contributed by atoms with E-state index < -0.39 is 23.6 Å². The second-order valence-corrected chi connectivity index (χ2v) is 6.31. The average Bonchev–Trinajstić information content (AvgIpc) is 3.03. The summed E-state index contributed by atoms with van der Waals surface area (Å²) in [5, 5.41) is 11.9. The summed E-state index contributed by atoms with van der Waals surface area (Å²) in [6.45, 7) is 0. The van der Waals surface area contributed by atoms with Crippen LogP contribution in [0.25, 0.3) is 0 Å². The Balaban J connectivity index is 1.80. The molecule has 1 amide bonds. The van der Waals surface area contributed by atoms with Crippen molar-refractivity contribution in [2.45, 2.75) is 6.42 Å². The first-order valence-electron chi connectivity index (χ1n) is 6.64.